The fourth-order valence-electron chi connectivity index (χ4n) is 0.874. The van der Waals surface area contributed by atoms with E-state index >= 15 is 0 Å². The summed E-state index contributed by atoms with van der Waals surface area (Å²) >= 11 is 0. The molecule has 0 amide bonds. The molecule has 0 aliphatic carbocycles. The highest BCUT2D eigenvalue weighted by Crippen LogP contribution is 1.94. The van der Waals surface area contributed by atoms with Gasteiger partial charge in [0.2, 0.25) is 0 Å². The van der Waals surface area contributed by atoms with Crippen LogP contribution in [0.15, 0.2) is 34.3 Å². The van der Waals surface area contributed by atoms with Crippen LogP contribution in [0.4, 0.5) is 0 Å². The van der Waals surface area contributed by atoms with Crippen LogP contribution in [0.3, 0.4) is 0 Å². The highest BCUT2D eigenvalue weighted by molar-refractivity contribution is 6.00. The van der Waals surface area contributed by atoms with E-state index in [0.717, 1.165) is 25.2 Å². The van der Waals surface area contributed by atoms with Gasteiger partial charge in [-0.1, -0.05) is 19.1 Å². The Morgan fingerprint density at radius 3 is 3.25 bits per heavy atom. The SMILES string of the molecule is CCCN=C1/C=C/C/C=C\C=N1. The van der Waals surface area contributed by atoms with Crippen molar-refractivity contribution in [1.29, 1.82) is 0 Å². The average Bonchev–Trinajstić information content (AvgIpc) is 2.02. The predicted octanol–water partition coefficient (Wildman–Crippen LogP) is 2.38. The van der Waals surface area contributed by atoms with E-state index in [9.17, 15) is 0 Å². The lowest BCUT2D eigenvalue weighted by Crippen LogP contribution is -1.92. The van der Waals surface area contributed by atoms with Crippen molar-refractivity contribution in [3.63, 3.8) is 0 Å². The molecule has 2 nitrogen and oxygen atoms in total. The minimum Gasteiger partial charge on any atom is -0.267 e. The molecule has 0 N–H and O–H groups in total. The molecule has 0 radical (unpaired) electrons. The Morgan fingerprint density at radius 2 is 2.42 bits per heavy atom. The van der Waals surface area contributed by atoms with E-state index in [4.69, 9.17) is 0 Å². The summed E-state index contributed by atoms with van der Waals surface area (Å²) in [6.07, 6.45) is 11.9. The molecule has 0 spiro atoms. The molecular formula is C10H14N2. The maximum Gasteiger partial charge on any atom is 0.146 e. The van der Waals surface area contributed by atoms with Crippen molar-refractivity contribution in [2.45, 2.75) is 19.8 Å². The average molecular weight is 162 g/mol. The van der Waals surface area contributed by atoms with Crippen molar-refractivity contribution in [1.82, 2.24) is 0 Å². The van der Waals surface area contributed by atoms with Crippen LogP contribution < -0.4 is 0 Å². The molecule has 0 bridgehead atoms. The van der Waals surface area contributed by atoms with Crippen molar-refractivity contribution >= 4 is 12.1 Å². The first-order valence-corrected chi connectivity index (χ1v) is 4.33. The lowest BCUT2D eigenvalue weighted by molar-refractivity contribution is 0.931. The highest BCUT2D eigenvalue weighted by Gasteiger charge is 1.88. The zero-order chi connectivity index (χ0) is 8.65. The normalized spacial score (nSPS) is 24.9. The first kappa shape index (κ1) is 8.91. The summed E-state index contributed by atoms with van der Waals surface area (Å²) in [7, 11) is 0. The van der Waals surface area contributed by atoms with Crippen molar-refractivity contribution in [3.05, 3.63) is 24.3 Å². The fourth-order valence-corrected chi connectivity index (χ4v) is 0.874. The Kier molecular flexibility index (Phi) is 4.06. The van der Waals surface area contributed by atoms with Gasteiger partial charge in [-0.25, -0.2) is 4.99 Å². The van der Waals surface area contributed by atoms with Crippen molar-refractivity contribution in [2.75, 3.05) is 6.54 Å². The van der Waals surface area contributed by atoms with Gasteiger partial charge in [0.05, 0.1) is 0 Å². The number of rotatable bonds is 2. The minimum atomic E-state index is 0.834. The van der Waals surface area contributed by atoms with E-state index in [1.807, 2.05) is 12.2 Å². The topological polar surface area (TPSA) is 24.7 Å². The largest absolute Gasteiger partial charge is 0.267 e. The molecule has 1 aliphatic heterocycles. The van der Waals surface area contributed by atoms with Crippen LogP contribution in [0.1, 0.15) is 19.8 Å². The van der Waals surface area contributed by atoms with E-state index in [1.54, 1.807) is 6.21 Å². The Balaban J connectivity index is 2.62. The number of hydrogen-bond acceptors (Lipinski definition) is 1. The molecule has 12 heavy (non-hydrogen) atoms. The second-order valence-electron chi connectivity index (χ2n) is 2.58. The molecule has 0 saturated heterocycles. The summed E-state index contributed by atoms with van der Waals surface area (Å²) in [4.78, 5) is 8.47. The number of hydrogen-bond donors (Lipinski definition) is 0. The molecule has 0 aromatic heterocycles. The molecule has 0 saturated carbocycles. The number of allylic oxidation sites excluding steroid dienone is 3. The van der Waals surface area contributed by atoms with Crippen LogP contribution >= 0.6 is 0 Å². The number of nitrogens with zero attached hydrogens (tertiary/aromatic N) is 2. The Bertz CT molecular complexity index is 234. The molecule has 0 aromatic carbocycles. The van der Waals surface area contributed by atoms with Crippen molar-refractivity contribution in [2.24, 2.45) is 9.98 Å². The van der Waals surface area contributed by atoms with Gasteiger partial charge in [-0.05, 0) is 25.0 Å². The van der Waals surface area contributed by atoms with Crippen molar-refractivity contribution < 1.29 is 0 Å². The second-order valence-corrected chi connectivity index (χ2v) is 2.58. The lowest BCUT2D eigenvalue weighted by Gasteiger charge is -1.94. The molecule has 1 rings (SSSR count). The maximum atomic E-state index is 4.30. The third kappa shape index (κ3) is 3.28. The van der Waals surface area contributed by atoms with E-state index in [2.05, 4.69) is 29.1 Å². The molecule has 0 aromatic rings. The third-order valence-electron chi connectivity index (χ3n) is 1.47. The Morgan fingerprint density at radius 1 is 1.50 bits per heavy atom. The zero-order valence-electron chi connectivity index (χ0n) is 7.40. The summed E-state index contributed by atoms with van der Waals surface area (Å²) in [6, 6.07) is 0. The second kappa shape index (κ2) is 5.47. The van der Waals surface area contributed by atoms with Gasteiger partial charge in [0.1, 0.15) is 5.84 Å². The molecule has 2 heteroatoms. The van der Waals surface area contributed by atoms with Crippen LogP contribution in [0.2, 0.25) is 0 Å². The van der Waals surface area contributed by atoms with Gasteiger partial charge in [-0.15, -0.1) is 0 Å². The standard InChI is InChI=1S/C10H14N2/c1-2-8-11-10-7-5-3-4-6-9-12-10/h4-7,9H,2-3,8H2,1H3/b6-4-,7-5+,11-10?,12-9?. The number of aliphatic imine (C=N–C) groups is 2. The van der Waals surface area contributed by atoms with E-state index < -0.39 is 0 Å². The van der Waals surface area contributed by atoms with Gasteiger partial charge in [0.15, 0.2) is 0 Å². The van der Waals surface area contributed by atoms with Crippen LogP contribution in [0, 0.1) is 0 Å². The zero-order valence-corrected chi connectivity index (χ0v) is 7.40. The number of amidine groups is 1. The van der Waals surface area contributed by atoms with Crippen LogP contribution in [-0.4, -0.2) is 18.6 Å². The minimum absolute atomic E-state index is 0.834. The molecule has 1 aliphatic rings. The quantitative estimate of drug-likeness (QED) is 0.595. The molecule has 64 valence electrons. The van der Waals surface area contributed by atoms with Gasteiger partial charge in [-0.2, -0.15) is 0 Å². The van der Waals surface area contributed by atoms with E-state index in [-0.39, 0.29) is 0 Å². The summed E-state index contributed by atoms with van der Waals surface area (Å²) in [5, 5.41) is 0. The fraction of sp³-hybridized carbons (Fsp3) is 0.400. The summed E-state index contributed by atoms with van der Waals surface area (Å²) in [5.74, 6) is 0.834. The molecule has 0 unspecified atom stereocenters. The molecule has 1 heterocycles. The van der Waals surface area contributed by atoms with Crippen LogP contribution in [-0.2, 0) is 0 Å². The summed E-state index contributed by atoms with van der Waals surface area (Å²) in [6.45, 7) is 2.97. The van der Waals surface area contributed by atoms with Crippen LogP contribution in [0.25, 0.3) is 0 Å². The Hall–Kier alpha value is -1.18. The van der Waals surface area contributed by atoms with Gasteiger partial charge < -0.3 is 0 Å². The van der Waals surface area contributed by atoms with E-state index in [0.29, 0.717) is 0 Å². The summed E-state index contributed by atoms with van der Waals surface area (Å²) in [5.41, 5.74) is 0. The monoisotopic (exact) mass is 162 g/mol. The third-order valence-corrected chi connectivity index (χ3v) is 1.47. The van der Waals surface area contributed by atoms with Crippen LogP contribution in [0.5, 0.6) is 0 Å². The highest BCUT2D eigenvalue weighted by atomic mass is 14.9. The van der Waals surface area contributed by atoms with Gasteiger partial charge in [0, 0.05) is 12.8 Å². The predicted molar refractivity (Wildman–Crippen MR) is 54.0 cm³/mol. The maximum absolute atomic E-state index is 4.30. The van der Waals surface area contributed by atoms with Gasteiger partial charge in [0.25, 0.3) is 0 Å². The van der Waals surface area contributed by atoms with Gasteiger partial charge >= 0.3 is 0 Å². The smallest absolute Gasteiger partial charge is 0.146 e. The first-order chi connectivity index (χ1) is 5.93. The van der Waals surface area contributed by atoms with Crippen molar-refractivity contribution in [3.8, 4) is 0 Å². The molecule has 0 atom stereocenters. The van der Waals surface area contributed by atoms with E-state index in [1.165, 1.54) is 0 Å². The molecular weight excluding hydrogens is 148 g/mol. The summed E-state index contributed by atoms with van der Waals surface area (Å²) < 4.78 is 0. The van der Waals surface area contributed by atoms with Gasteiger partial charge in [-0.3, -0.25) is 4.99 Å². The first-order valence-electron chi connectivity index (χ1n) is 4.33. The Labute approximate surface area is 73.4 Å². The lowest BCUT2D eigenvalue weighted by atomic mass is 10.3. The molecule has 0 fully saturated rings.